The van der Waals surface area contributed by atoms with Crippen molar-refractivity contribution in [1.29, 1.82) is 0 Å². The molecule has 1 fully saturated rings. The predicted molar refractivity (Wildman–Crippen MR) is 137 cm³/mol. The number of amides is 1. The molecule has 0 spiro atoms. The van der Waals surface area contributed by atoms with Crippen molar-refractivity contribution in [2.45, 2.75) is 58.8 Å². The molecule has 4 rings (SSSR count). The number of nitrogens with zero attached hydrogens (tertiary/aromatic N) is 2. The number of halogens is 2. The van der Waals surface area contributed by atoms with Crippen LogP contribution >= 0.6 is 34.5 Å². The maximum Gasteiger partial charge on any atom is 0.253 e. The van der Waals surface area contributed by atoms with Gasteiger partial charge in [-0.25, -0.2) is 4.98 Å². The van der Waals surface area contributed by atoms with Crippen molar-refractivity contribution in [2.75, 3.05) is 13.2 Å². The van der Waals surface area contributed by atoms with E-state index in [1.165, 1.54) is 11.3 Å². The summed E-state index contributed by atoms with van der Waals surface area (Å²) in [6, 6.07) is 7.06. The number of hydrogen-bond donors (Lipinski definition) is 1. The lowest BCUT2D eigenvalue weighted by molar-refractivity contribution is 0.0941. The molecule has 1 atom stereocenters. The summed E-state index contributed by atoms with van der Waals surface area (Å²) in [5.41, 5.74) is 3.35. The highest BCUT2D eigenvalue weighted by molar-refractivity contribution is 7.09. The Kier molecular flexibility index (Phi) is 8.53. The average molecular weight is 522 g/mol. The standard InChI is InChI=1S/C25H29Cl2N3O3S/c1-3-4-7-28-25(31)21-12-23(30(16(21)2)13-19-6-5-8-32-19)22-15-34-24(29-22)14-33-20-10-17(26)9-18(27)11-20/h9-12,15,19H,3-8,13-14H2,1-2H3,(H,28,31). The highest BCUT2D eigenvalue weighted by Crippen LogP contribution is 2.30. The van der Waals surface area contributed by atoms with Gasteiger partial charge < -0.3 is 19.4 Å². The van der Waals surface area contributed by atoms with Crippen LogP contribution in [0.15, 0.2) is 29.6 Å². The number of hydrogen-bond acceptors (Lipinski definition) is 5. The summed E-state index contributed by atoms with van der Waals surface area (Å²) in [6.07, 6.45) is 4.23. The number of nitrogens with one attached hydrogen (secondary N) is 1. The zero-order valence-corrected chi connectivity index (χ0v) is 21.7. The first-order valence-electron chi connectivity index (χ1n) is 11.6. The van der Waals surface area contributed by atoms with Gasteiger partial charge in [-0.15, -0.1) is 11.3 Å². The molecule has 6 nitrogen and oxygen atoms in total. The number of rotatable bonds is 10. The van der Waals surface area contributed by atoms with Crippen LogP contribution in [0.2, 0.25) is 10.0 Å². The summed E-state index contributed by atoms with van der Waals surface area (Å²) in [6.45, 7) is 6.57. The van der Waals surface area contributed by atoms with E-state index in [2.05, 4.69) is 16.8 Å². The summed E-state index contributed by atoms with van der Waals surface area (Å²) >= 11 is 13.6. The van der Waals surface area contributed by atoms with Crippen LogP contribution in [0.25, 0.3) is 11.4 Å². The van der Waals surface area contributed by atoms with Gasteiger partial charge in [0.05, 0.1) is 23.1 Å². The molecule has 1 N–H and O–H groups in total. The van der Waals surface area contributed by atoms with Crippen molar-refractivity contribution in [3.05, 3.63) is 56.0 Å². The second kappa shape index (κ2) is 11.6. The Labute approximate surface area is 214 Å². The van der Waals surface area contributed by atoms with Gasteiger partial charge in [-0.05, 0) is 50.5 Å². The Hall–Kier alpha value is -2.06. The van der Waals surface area contributed by atoms with Crippen molar-refractivity contribution >= 4 is 40.4 Å². The second-order valence-corrected chi connectivity index (χ2v) is 10.2. The molecule has 3 aromatic rings. The molecule has 9 heteroatoms. The molecule has 1 aliphatic heterocycles. The molecule has 1 unspecified atom stereocenters. The number of thiazole rings is 1. The van der Waals surface area contributed by atoms with E-state index in [4.69, 9.17) is 37.7 Å². The highest BCUT2D eigenvalue weighted by atomic mass is 35.5. The Bertz CT molecular complexity index is 1120. The summed E-state index contributed by atoms with van der Waals surface area (Å²) in [4.78, 5) is 17.7. The molecule has 1 aromatic carbocycles. The van der Waals surface area contributed by atoms with Crippen LogP contribution in [0.5, 0.6) is 5.75 Å². The zero-order chi connectivity index (χ0) is 24.1. The molecule has 1 amide bonds. The molecule has 1 saturated heterocycles. The van der Waals surface area contributed by atoms with E-state index in [0.717, 1.165) is 54.4 Å². The van der Waals surface area contributed by atoms with Crippen LogP contribution in [0.4, 0.5) is 0 Å². The third-order valence-electron chi connectivity index (χ3n) is 5.85. The first-order valence-corrected chi connectivity index (χ1v) is 13.2. The van der Waals surface area contributed by atoms with E-state index in [1.54, 1.807) is 18.2 Å². The van der Waals surface area contributed by atoms with Gasteiger partial charge in [-0.1, -0.05) is 36.5 Å². The number of aromatic nitrogens is 2. The fraction of sp³-hybridized carbons (Fsp3) is 0.440. The van der Waals surface area contributed by atoms with Crippen LogP contribution in [0.3, 0.4) is 0 Å². The lowest BCUT2D eigenvalue weighted by Gasteiger charge is -2.15. The summed E-state index contributed by atoms with van der Waals surface area (Å²) in [5.74, 6) is 0.549. The highest BCUT2D eigenvalue weighted by Gasteiger charge is 2.24. The number of carbonyl (C=O) groups is 1. The van der Waals surface area contributed by atoms with Gasteiger partial charge in [0, 0.05) is 40.8 Å². The molecule has 0 saturated carbocycles. The zero-order valence-electron chi connectivity index (χ0n) is 19.4. The number of unbranched alkanes of at least 4 members (excludes halogenated alkanes) is 1. The smallest absolute Gasteiger partial charge is 0.253 e. The minimum Gasteiger partial charge on any atom is -0.486 e. The monoisotopic (exact) mass is 521 g/mol. The van der Waals surface area contributed by atoms with Gasteiger partial charge in [0.15, 0.2) is 0 Å². The third kappa shape index (κ3) is 6.13. The lowest BCUT2D eigenvalue weighted by atomic mass is 10.2. The predicted octanol–water partition coefficient (Wildman–Crippen LogP) is 6.51. The Balaban J connectivity index is 1.56. The summed E-state index contributed by atoms with van der Waals surface area (Å²) in [5, 5.41) is 6.91. The molecule has 3 heterocycles. The Morgan fingerprint density at radius 3 is 2.79 bits per heavy atom. The Morgan fingerprint density at radius 2 is 2.09 bits per heavy atom. The van der Waals surface area contributed by atoms with Crippen molar-refractivity contribution in [1.82, 2.24) is 14.9 Å². The van der Waals surface area contributed by atoms with E-state index in [9.17, 15) is 4.79 Å². The summed E-state index contributed by atoms with van der Waals surface area (Å²) < 4.78 is 13.9. The molecule has 2 aromatic heterocycles. The van der Waals surface area contributed by atoms with Gasteiger partial charge in [0.1, 0.15) is 17.4 Å². The normalized spacial score (nSPS) is 15.6. The average Bonchev–Trinajstić information content (AvgIpc) is 3.54. The minimum atomic E-state index is -0.0464. The summed E-state index contributed by atoms with van der Waals surface area (Å²) in [7, 11) is 0. The molecule has 0 aliphatic carbocycles. The van der Waals surface area contributed by atoms with Crippen molar-refractivity contribution in [3.8, 4) is 17.1 Å². The van der Waals surface area contributed by atoms with Crippen molar-refractivity contribution in [3.63, 3.8) is 0 Å². The maximum atomic E-state index is 12.9. The molecule has 0 radical (unpaired) electrons. The van der Waals surface area contributed by atoms with Crippen LogP contribution in [0.1, 0.15) is 53.7 Å². The third-order valence-corrected chi connectivity index (χ3v) is 7.11. The SMILES string of the molecule is CCCCNC(=O)c1cc(-c2csc(COc3cc(Cl)cc(Cl)c3)n2)n(CC2CCCO2)c1C. The van der Waals surface area contributed by atoms with Crippen LogP contribution in [-0.2, 0) is 17.9 Å². The number of benzene rings is 1. The van der Waals surface area contributed by atoms with Gasteiger partial charge in [-0.3, -0.25) is 4.79 Å². The fourth-order valence-electron chi connectivity index (χ4n) is 4.04. The maximum absolute atomic E-state index is 12.9. The van der Waals surface area contributed by atoms with Crippen LogP contribution in [0, 0.1) is 6.92 Å². The van der Waals surface area contributed by atoms with Gasteiger partial charge in [0.25, 0.3) is 5.91 Å². The van der Waals surface area contributed by atoms with Gasteiger partial charge in [-0.2, -0.15) is 0 Å². The molecular weight excluding hydrogens is 493 g/mol. The molecule has 1 aliphatic rings. The first-order chi connectivity index (χ1) is 16.4. The molecular formula is C25H29Cl2N3O3S. The van der Waals surface area contributed by atoms with Gasteiger partial charge in [0.2, 0.25) is 0 Å². The first kappa shape index (κ1) is 25.0. The topological polar surface area (TPSA) is 65.4 Å². The van der Waals surface area contributed by atoms with E-state index < -0.39 is 0 Å². The molecule has 0 bridgehead atoms. The van der Waals surface area contributed by atoms with E-state index >= 15 is 0 Å². The van der Waals surface area contributed by atoms with Crippen LogP contribution in [-0.4, -0.2) is 34.7 Å². The fourth-order valence-corrected chi connectivity index (χ4v) is 5.25. The van der Waals surface area contributed by atoms with E-state index in [-0.39, 0.29) is 12.0 Å². The van der Waals surface area contributed by atoms with Crippen LogP contribution < -0.4 is 10.1 Å². The van der Waals surface area contributed by atoms with E-state index in [0.29, 0.717) is 41.1 Å². The van der Waals surface area contributed by atoms with E-state index in [1.807, 2.05) is 18.4 Å². The lowest BCUT2D eigenvalue weighted by Crippen LogP contribution is -2.25. The largest absolute Gasteiger partial charge is 0.486 e. The second-order valence-electron chi connectivity index (χ2n) is 8.40. The molecule has 182 valence electrons. The van der Waals surface area contributed by atoms with Gasteiger partial charge >= 0.3 is 0 Å². The number of ether oxygens (including phenoxy) is 2. The molecule has 34 heavy (non-hydrogen) atoms. The van der Waals surface area contributed by atoms with Crippen molar-refractivity contribution < 1.29 is 14.3 Å². The van der Waals surface area contributed by atoms with Crippen molar-refractivity contribution in [2.24, 2.45) is 0 Å². The number of carbonyl (C=O) groups excluding carboxylic acids is 1. The quantitative estimate of drug-likeness (QED) is 0.308. The Morgan fingerprint density at radius 1 is 1.29 bits per heavy atom. The minimum absolute atomic E-state index is 0.0464.